The van der Waals surface area contributed by atoms with E-state index in [1.54, 1.807) is 24.3 Å². The molecule has 1 aliphatic rings. The van der Waals surface area contributed by atoms with Crippen LogP contribution >= 0.6 is 15.9 Å². The molecule has 1 fully saturated rings. The molecule has 1 atom stereocenters. The number of ether oxygens (including phenoxy) is 1. The fourth-order valence-corrected chi connectivity index (χ4v) is 5.09. The quantitative estimate of drug-likeness (QED) is 0.752. The Hall–Kier alpha value is -1.90. The average Bonchev–Trinajstić information content (AvgIpc) is 3.13. The molecule has 144 valence electrons. The number of benzene rings is 2. The van der Waals surface area contributed by atoms with Gasteiger partial charge in [-0.15, -0.1) is 0 Å². The lowest BCUT2D eigenvalue weighted by Crippen LogP contribution is -2.43. The molecule has 0 radical (unpaired) electrons. The second kappa shape index (κ2) is 8.00. The molecule has 3 rings (SSSR count). The van der Waals surface area contributed by atoms with Gasteiger partial charge in [0.25, 0.3) is 0 Å². The van der Waals surface area contributed by atoms with Crippen LogP contribution in [-0.4, -0.2) is 38.3 Å². The molecule has 27 heavy (non-hydrogen) atoms. The van der Waals surface area contributed by atoms with Gasteiger partial charge < -0.3 is 10.1 Å². The highest BCUT2D eigenvalue weighted by Gasteiger charge is 2.39. The topological polar surface area (TPSA) is 75.7 Å². The number of carbonyl (C=O) groups excluding carboxylic acids is 1. The zero-order chi connectivity index (χ0) is 19.6. The number of methoxy groups -OCH3 is 1. The summed E-state index contributed by atoms with van der Waals surface area (Å²) in [6.07, 6.45) is 1.12. The van der Waals surface area contributed by atoms with Crippen molar-refractivity contribution in [1.29, 1.82) is 0 Å². The molecular weight excluding hydrogens is 432 g/mol. The lowest BCUT2D eigenvalue weighted by atomic mass is 10.1. The Morgan fingerprint density at radius 3 is 2.59 bits per heavy atom. The van der Waals surface area contributed by atoms with E-state index in [-0.39, 0.29) is 10.8 Å². The number of nitrogens with one attached hydrogen (secondary N) is 1. The minimum atomic E-state index is -3.75. The van der Waals surface area contributed by atoms with Crippen molar-refractivity contribution in [2.75, 3.05) is 19.0 Å². The van der Waals surface area contributed by atoms with Gasteiger partial charge in [-0.1, -0.05) is 22.0 Å². The van der Waals surface area contributed by atoms with Crippen LogP contribution in [0.1, 0.15) is 18.4 Å². The third-order valence-corrected chi connectivity index (χ3v) is 6.99. The number of nitrogens with zero attached hydrogens (tertiary/aromatic N) is 1. The number of carbonyl (C=O) groups is 1. The zero-order valence-corrected chi connectivity index (χ0v) is 17.5. The van der Waals surface area contributed by atoms with Crippen LogP contribution in [0.5, 0.6) is 5.75 Å². The molecular formula is C19H21BrN2O4S. The van der Waals surface area contributed by atoms with Gasteiger partial charge in [-0.3, -0.25) is 4.79 Å². The first-order valence-corrected chi connectivity index (χ1v) is 10.8. The minimum Gasteiger partial charge on any atom is -0.495 e. The molecule has 0 aliphatic carbocycles. The summed E-state index contributed by atoms with van der Waals surface area (Å²) in [7, 11) is -2.22. The molecule has 1 amide bonds. The number of hydrogen-bond acceptors (Lipinski definition) is 4. The highest BCUT2D eigenvalue weighted by atomic mass is 79.9. The van der Waals surface area contributed by atoms with E-state index in [0.717, 1.165) is 10.0 Å². The fraction of sp³-hybridized carbons (Fsp3) is 0.316. The molecule has 0 spiro atoms. The Kier molecular flexibility index (Phi) is 5.88. The van der Waals surface area contributed by atoms with Gasteiger partial charge in [0.2, 0.25) is 15.9 Å². The van der Waals surface area contributed by atoms with E-state index in [1.165, 1.54) is 23.5 Å². The first-order valence-electron chi connectivity index (χ1n) is 8.56. The highest BCUT2D eigenvalue weighted by Crippen LogP contribution is 2.30. The SMILES string of the molecule is COc1ccc(C)cc1NC(=O)[C@@H]1CCCN1S(=O)(=O)c1ccc(Br)cc1. The summed E-state index contributed by atoms with van der Waals surface area (Å²) < 4.78 is 33.4. The third kappa shape index (κ3) is 4.17. The molecule has 1 heterocycles. The maximum absolute atomic E-state index is 13.0. The number of hydrogen-bond donors (Lipinski definition) is 1. The molecule has 8 heteroatoms. The van der Waals surface area contributed by atoms with Gasteiger partial charge in [0.1, 0.15) is 11.8 Å². The van der Waals surface area contributed by atoms with Crippen molar-refractivity contribution in [2.45, 2.75) is 30.7 Å². The van der Waals surface area contributed by atoms with Gasteiger partial charge in [0.05, 0.1) is 17.7 Å². The van der Waals surface area contributed by atoms with Crippen molar-refractivity contribution < 1.29 is 17.9 Å². The number of amides is 1. The fourth-order valence-electron chi connectivity index (χ4n) is 3.17. The Morgan fingerprint density at radius 1 is 1.22 bits per heavy atom. The van der Waals surface area contributed by atoms with Crippen LogP contribution in [0, 0.1) is 6.92 Å². The van der Waals surface area contributed by atoms with E-state index >= 15 is 0 Å². The first-order chi connectivity index (χ1) is 12.8. The van der Waals surface area contributed by atoms with E-state index < -0.39 is 16.1 Å². The Balaban J connectivity index is 1.85. The predicted octanol–water partition coefficient (Wildman–Crippen LogP) is 3.56. The third-order valence-electron chi connectivity index (χ3n) is 4.54. The Labute approximate surface area is 167 Å². The van der Waals surface area contributed by atoms with Crippen molar-refractivity contribution in [3.8, 4) is 5.75 Å². The number of aryl methyl sites for hydroxylation is 1. The number of anilines is 1. The van der Waals surface area contributed by atoms with Crippen LogP contribution in [0.2, 0.25) is 0 Å². The van der Waals surface area contributed by atoms with Gasteiger partial charge >= 0.3 is 0 Å². The normalized spacial score (nSPS) is 17.7. The molecule has 0 saturated carbocycles. The molecule has 1 aliphatic heterocycles. The second-order valence-corrected chi connectivity index (χ2v) is 9.23. The van der Waals surface area contributed by atoms with Crippen LogP contribution < -0.4 is 10.1 Å². The molecule has 1 saturated heterocycles. The standard InChI is InChI=1S/C19H21BrN2O4S/c1-13-5-10-18(26-2)16(12-13)21-19(23)17-4-3-11-22(17)27(24,25)15-8-6-14(20)7-9-15/h5-10,12,17H,3-4,11H2,1-2H3,(H,21,23)/t17-/m0/s1. The maximum Gasteiger partial charge on any atom is 0.243 e. The number of halogens is 1. The minimum absolute atomic E-state index is 0.179. The van der Waals surface area contributed by atoms with Crippen molar-refractivity contribution in [3.05, 3.63) is 52.5 Å². The van der Waals surface area contributed by atoms with Gasteiger partial charge in [0.15, 0.2) is 0 Å². The molecule has 2 aromatic rings. The van der Waals surface area contributed by atoms with Crippen LogP contribution in [0.15, 0.2) is 51.8 Å². The summed E-state index contributed by atoms with van der Waals surface area (Å²) in [6.45, 7) is 2.23. The Morgan fingerprint density at radius 2 is 1.93 bits per heavy atom. The highest BCUT2D eigenvalue weighted by molar-refractivity contribution is 9.10. The average molecular weight is 453 g/mol. The lowest BCUT2D eigenvalue weighted by Gasteiger charge is -2.24. The molecule has 6 nitrogen and oxygen atoms in total. The van der Waals surface area contributed by atoms with Gasteiger partial charge in [-0.2, -0.15) is 4.31 Å². The van der Waals surface area contributed by atoms with E-state index in [9.17, 15) is 13.2 Å². The summed E-state index contributed by atoms with van der Waals surface area (Å²) in [4.78, 5) is 13.0. The summed E-state index contributed by atoms with van der Waals surface area (Å²) in [5, 5.41) is 2.83. The maximum atomic E-state index is 13.0. The summed E-state index contributed by atoms with van der Waals surface area (Å²) in [5.41, 5.74) is 1.51. The smallest absolute Gasteiger partial charge is 0.243 e. The molecule has 0 aromatic heterocycles. The predicted molar refractivity (Wildman–Crippen MR) is 107 cm³/mol. The van der Waals surface area contributed by atoms with Gasteiger partial charge in [-0.05, 0) is 61.7 Å². The molecule has 0 bridgehead atoms. The van der Waals surface area contributed by atoms with E-state index in [4.69, 9.17) is 4.74 Å². The molecule has 1 N–H and O–H groups in total. The summed E-state index contributed by atoms with van der Waals surface area (Å²) in [5.74, 6) is 0.186. The largest absolute Gasteiger partial charge is 0.495 e. The van der Waals surface area contributed by atoms with Crippen molar-refractivity contribution >= 4 is 37.5 Å². The molecule has 2 aromatic carbocycles. The Bertz CT molecular complexity index is 945. The van der Waals surface area contributed by atoms with Crippen molar-refractivity contribution in [3.63, 3.8) is 0 Å². The van der Waals surface area contributed by atoms with Crippen LogP contribution in [0.25, 0.3) is 0 Å². The van der Waals surface area contributed by atoms with Crippen LogP contribution in [0.4, 0.5) is 5.69 Å². The van der Waals surface area contributed by atoms with Crippen molar-refractivity contribution in [1.82, 2.24) is 4.31 Å². The van der Waals surface area contributed by atoms with E-state index in [0.29, 0.717) is 30.8 Å². The summed E-state index contributed by atoms with van der Waals surface area (Å²) >= 11 is 3.30. The van der Waals surface area contributed by atoms with Crippen LogP contribution in [0.3, 0.4) is 0 Å². The zero-order valence-electron chi connectivity index (χ0n) is 15.1. The van der Waals surface area contributed by atoms with Crippen molar-refractivity contribution in [2.24, 2.45) is 0 Å². The van der Waals surface area contributed by atoms with Gasteiger partial charge in [-0.25, -0.2) is 8.42 Å². The van der Waals surface area contributed by atoms with E-state index in [1.807, 2.05) is 13.0 Å². The second-order valence-electron chi connectivity index (χ2n) is 6.42. The summed E-state index contributed by atoms with van der Waals surface area (Å²) in [6, 6.07) is 11.1. The number of rotatable bonds is 5. The van der Waals surface area contributed by atoms with Crippen LogP contribution in [-0.2, 0) is 14.8 Å². The number of sulfonamides is 1. The van der Waals surface area contributed by atoms with Gasteiger partial charge in [0, 0.05) is 11.0 Å². The molecule has 0 unspecified atom stereocenters. The first kappa shape index (κ1) is 19.9. The monoisotopic (exact) mass is 452 g/mol. The lowest BCUT2D eigenvalue weighted by molar-refractivity contribution is -0.119. The van der Waals surface area contributed by atoms with E-state index in [2.05, 4.69) is 21.2 Å².